The molecule has 0 amide bonds. The smallest absolute Gasteiger partial charge is 0.305 e. The molecule has 0 spiro atoms. The summed E-state index contributed by atoms with van der Waals surface area (Å²) >= 11 is 1.71. The molecule has 0 atom stereocenters. The van der Waals surface area contributed by atoms with Gasteiger partial charge in [-0.2, -0.15) is 0 Å². The second-order valence-electron chi connectivity index (χ2n) is 5.42. The average molecular weight is 318 g/mol. The lowest BCUT2D eigenvalue weighted by Crippen LogP contribution is -2.06. The summed E-state index contributed by atoms with van der Waals surface area (Å²) in [6, 6.07) is 10.3. The van der Waals surface area contributed by atoms with Crippen molar-refractivity contribution in [1.29, 1.82) is 0 Å². The molecule has 2 aromatic rings. The van der Waals surface area contributed by atoms with Crippen LogP contribution in [0.3, 0.4) is 0 Å². The fourth-order valence-electron chi connectivity index (χ4n) is 2.19. The molecule has 0 radical (unpaired) electrons. The minimum Gasteiger partial charge on any atom is -0.469 e. The minimum atomic E-state index is -0.202. The summed E-state index contributed by atoms with van der Waals surface area (Å²) in [6.07, 6.45) is 0.951. The molecule has 0 aliphatic rings. The van der Waals surface area contributed by atoms with Crippen molar-refractivity contribution in [3.05, 3.63) is 41.9 Å². The molecule has 118 valence electrons. The Morgan fingerprint density at radius 2 is 2.00 bits per heavy atom. The van der Waals surface area contributed by atoms with Crippen LogP contribution in [0.4, 0.5) is 0 Å². The summed E-state index contributed by atoms with van der Waals surface area (Å²) in [5, 5.41) is 1.14. The van der Waals surface area contributed by atoms with Gasteiger partial charge in [0, 0.05) is 18.4 Å². The number of esters is 1. The van der Waals surface area contributed by atoms with Crippen molar-refractivity contribution in [3.8, 4) is 0 Å². The third-order valence-electron chi connectivity index (χ3n) is 3.45. The minimum absolute atomic E-state index is 0.202. The first kappa shape index (κ1) is 16.6. The molecule has 5 heteroatoms. The largest absolute Gasteiger partial charge is 0.469 e. The van der Waals surface area contributed by atoms with Crippen LogP contribution in [-0.4, -0.2) is 22.6 Å². The molecule has 0 fully saturated rings. The van der Waals surface area contributed by atoms with Crippen molar-refractivity contribution in [3.63, 3.8) is 0 Å². The number of hydrogen-bond donors (Lipinski definition) is 0. The number of rotatable bonds is 6. The van der Waals surface area contributed by atoms with Crippen LogP contribution >= 0.6 is 11.8 Å². The zero-order valence-electron chi connectivity index (χ0n) is 13.5. The number of carbonyl (C=O) groups excluding carboxylic acids is 1. The fraction of sp³-hybridized carbons (Fsp3) is 0.412. The molecule has 0 saturated carbocycles. The van der Waals surface area contributed by atoms with Crippen molar-refractivity contribution >= 4 is 17.7 Å². The van der Waals surface area contributed by atoms with E-state index in [0.717, 1.165) is 16.5 Å². The first-order chi connectivity index (χ1) is 10.5. The second-order valence-corrected chi connectivity index (χ2v) is 6.49. The van der Waals surface area contributed by atoms with E-state index in [1.807, 2.05) is 25.2 Å². The van der Waals surface area contributed by atoms with Gasteiger partial charge in [-0.3, -0.25) is 4.79 Å². The van der Waals surface area contributed by atoms with Gasteiger partial charge in [0.1, 0.15) is 10.9 Å². The normalized spacial score (nSPS) is 11.0. The number of aromatic nitrogens is 2. The number of benzene rings is 1. The molecule has 0 N–H and O–H groups in total. The number of methoxy groups -OCH3 is 1. The van der Waals surface area contributed by atoms with Gasteiger partial charge in [0.2, 0.25) is 0 Å². The predicted octanol–water partition coefficient (Wildman–Crippen LogP) is 3.80. The van der Waals surface area contributed by atoms with Crippen molar-refractivity contribution in [2.75, 3.05) is 7.11 Å². The fourth-order valence-corrected chi connectivity index (χ4v) is 3.33. The topological polar surface area (TPSA) is 44.1 Å². The molecular weight excluding hydrogens is 296 g/mol. The van der Waals surface area contributed by atoms with E-state index >= 15 is 0 Å². The number of carbonyl (C=O) groups is 1. The quantitative estimate of drug-likeness (QED) is 0.760. The van der Waals surface area contributed by atoms with Gasteiger partial charge in [0.15, 0.2) is 0 Å². The zero-order valence-corrected chi connectivity index (χ0v) is 14.3. The van der Waals surface area contributed by atoms with E-state index in [0.29, 0.717) is 18.8 Å². The highest BCUT2D eigenvalue weighted by Crippen LogP contribution is 2.34. The summed E-state index contributed by atoms with van der Waals surface area (Å²) in [7, 11) is 3.42. The van der Waals surface area contributed by atoms with Gasteiger partial charge in [-0.15, -0.1) is 0 Å². The van der Waals surface area contributed by atoms with Crippen LogP contribution in [0.25, 0.3) is 0 Å². The van der Waals surface area contributed by atoms with Gasteiger partial charge in [-0.05, 0) is 18.1 Å². The molecule has 0 aliphatic heterocycles. The Bertz CT molecular complexity index is 636. The van der Waals surface area contributed by atoms with Crippen LogP contribution in [0.1, 0.15) is 37.7 Å². The molecular formula is C17H22N2O2S. The Morgan fingerprint density at radius 1 is 1.32 bits per heavy atom. The molecule has 0 unspecified atom stereocenters. The lowest BCUT2D eigenvalue weighted by Gasteiger charge is -2.08. The summed E-state index contributed by atoms with van der Waals surface area (Å²) in [5.41, 5.74) is 1.08. The van der Waals surface area contributed by atoms with Crippen LogP contribution in [-0.2, 0) is 23.0 Å². The van der Waals surface area contributed by atoms with Gasteiger partial charge < -0.3 is 9.30 Å². The third-order valence-corrected chi connectivity index (χ3v) is 4.63. The van der Waals surface area contributed by atoms with Crippen LogP contribution in [0.5, 0.6) is 0 Å². The van der Waals surface area contributed by atoms with E-state index in [1.54, 1.807) is 11.8 Å². The Kier molecular flexibility index (Phi) is 5.66. The molecule has 0 saturated heterocycles. The van der Waals surface area contributed by atoms with Gasteiger partial charge in [0.05, 0.1) is 19.2 Å². The van der Waals surface area contributed by atoms with Gasteiger partial charge in [-0.1, -0.05) is 43.8 Å². The van der Waals surface area contributed by atoms with Crippen LogP contribution in [0, 0.1) is 0 Å². The zero-order chi connectivity index (χ0) is 16.1. The molecule has 4 nitrogen and oxygen atoms in total. The first-order valence-corrected chi connectivity index (χ1v) is 8.19. The number of imidazole rings is 1. The molecule has 0 aliphatic carbocycles. The summed E-state index contributed by atoms with van der Waals surface area (Å²) in [6.45, 7) is 4.28. The molecule has 1 aromatic carbocycles. The second kappa shape index (κ2) is 7.49. The Balaban J connectivity index is 2.27. The average Bonchev–Trinajstić information content (AvgIpc) is 2.83. The SMILES string of the molecule is COC(=O)CCc1nc(C(C)C)c(Sc2ccccc2)n1C. The summed E-state index contributed by atoms with van der Waals surface area (Å²) < 4.78 is 6.80. The molecule has 2 rings (SSSR count). The van der Waals surface area contributed by atoms with Crippen molar-refractivity contribution in [1.82, 2.24) is 9.55 Å². The lowest BCUT2D eigenvalue weighted by molar-refractivity contribution is -0.140. The predicted molar refractivity (Wildman–Crippen MR) is 88.2 cm³/mol. The van der Waals surface area contributed by atoms with Crippen molar-refractivity contribution in [2.45, 2.75) is 42.5 Å². The van der Waals surface area contributed by atoms with Crippen LogP contribution in [0.15, 0.2) is 40.3 Å². The van der Waals surface area contributed by atoms with Crippen molar-refractivity contribution in [2.24, 2.45) is 7.05 Å². The Morgan fingerprint density at radius 3 is 2.59 bits per heavy atom. The van der Waals surface area contributed by atoms with Gasteiger partial charge in [-0.25, -0.2) is 4.98 Å². The van der Waals surface area contributed by atoms with E-state index in [9.17, 15) is 4.79 Å². The number of nitrogens with zero attached hydrogens (tertiary/aromatic N) is 2. The number of hydrogen-bond acceptors (Lipinski definition) is 4. The van der Waals surface area contributed by atoms with Crippen LogP contribution in [0.2, 0.25) is 0 Å². The van der Waals surface area contributed by atoms with Gasteiger partial charge >= 0.3 is 5.97 Å². The maximum Gasteiger partial charge on any atom is 0.305 e. The molecule has 0 bridgehead atoms. The molecule has 1 aromatic heterocycles. The number of aryl methyl sites for hydroxylation is 1. The summed E-state index contributed by atoms with van der Waals surface area (Å²) in [4.78, 5) is 17.3. The lowest BCUT2D eigenvalue weighted by atomic mass is 10.1. The molecule has 1 heterocycles. The monoisotopic (exact) mass is 318 g/mol. The Labute approximate surface area is 135 Å². The van der Waals surface area contributed by atoms with Crippen LogP contribution < -0.4 is 0 Å². The standard InChI is InChI=1S/C17H22N2O2S/c1-12(2)16-17(22-13-8-6-5-7-9-13)19(3)14(18-16)10-11-15(20)21-4/h5-9,12H,10-11H2,1-4H3. The maximum atomic E-state index is 11.3. The van der Waals surface area contributed by atoms with E-state index in [1.165, 1.54) is 12.0 Å². The van der Waals surface area contributed by atoms with E-state index in [2.05, 4.69) is 30.5 Å². The van der Waals surface area contributed by atoms with E-state index in [-0.39, 0.29) is 5.97 Å². The highest BCUT2D eigenvalue weighted by Gasteiger charge is 2.18. The highest BCUT2D eigenvalue weighted by atomic mass is 32.2. The molecule has 22 heavy (non-hydrogen) atoms. The van der Waals surface area contributed by atoms with Crippen molar-refractivity contribution < 1.29 is 9.53 Å². The third kappa shape index (κ3) is 3.91. The maximum absolute atomic E-state index is 11.3. The summed E-state index contributed by atoms with van der Waals surface area (Å²) in [5.74, 6) is 1.06. The highest BCUT2D eigenvalue weighted by molar-refractivity contribution is 7.99. The van der Waals surface area contributed by atoms with Gasteiger partial charge in [0.25, 0.3) is 0 Å². The van der Waals surface area contributed by atoms with E-state index in [4.69, 9.17) is 9.72 Å². The van der Waals surface area contributed by atoms with E-state index < -0.39 is 0 Å². The first-order valence-electron chi connectivity index (χ1n) is 7.38. The Hall–Kier alpha value is -1.75. The number of ether oxygens (including phenoxy) is 1.